The third-order valence-electron chi connectivity index (χ3n) is 9.66. The lowest BCUT2D eigenvalue weighted by atomic mass is 9.47. The minimum Gasteiger partial charge on any atom is -0.504 e. The Hall–Kier alpha value is -3.57. The van der Waals surface area contributed by atoms with Crippen LogP contribution in [0.4, 0.5) is 0 Å². The summed E-state index contributed by atoms with van der Waals surface area (Å²) in [5, 5.41) is 23.8. The minimum absolute atomic E-state index is 0.000543. The quantitative estimate of drug-likeness (QED) is 0.386. The summed E-state index contributed by atoms with van der Waals surface area (Å²) >= 11 is 0. The van der Waals surface area contributed by atoms with Crippen LogP contribution >= 0.6 is 0 Å². The third-order valence-corrected chi connectivity index (χ3v) is 9.66. The van der Waals surface area contributed by atoms with Gasteiger partial charge in [-0.15, -0.1) is 0 Å². The Morgan fingerprint density at radius 1 is 1.24 bits per heavy atom. The van der Waals surface area contributed by atoms with Gasteiger partial charge < -0.3 is 14.7 Å². The molecule has 1 spiro atoms. The lowest BCUT2D eigenvalue weighted by Gasteiger charge is -2.60. The van der Waals surface area contributed by atoms with Gasteiger partial charge in [0, 0.05) is 35.4 Å². The molecule has 2 bridgehead atoms. The van der Waals surface area contributed by atoms with Crippen molar-refractivity contribution in [2.45, 2.75) is 68.7 Å². The molecule has 1 saturated heterocycles. The first-order valence-corrected chi connectivity index (χ1v) is 12.8. The average molecular weight is 502 g/mol. The Bertz CT molecular complexity index is 1410. The number of hydrogen-bond donors (Lipinski definition) is 1. The molecule has 0 radical (unpaired) electrons. The van der Waals surface area contributed by atoms with Crippen LogP contribution in [0.15, 0.2) is 30.3 Å². The lowest BCUT2D eigenvalue weighted by molar-refractivity contribution is -0.605. The lowest BCUT2D eigenvalue weighted by Crippen LogP contribution is -2.80. The van der Waals surface area contributed by atoms with E-state index in [9.17, 15) is 20.0 Å². The predicted molar refractivity (Wildman–Crippen MR) is 137 cm³/mol. The van der Waals surface area contributed by atoms with E-state index in [2.05, 4.69) is 16.7 Å². The molecule has 2 aromatic rings. The number of rotatable bonds is 2. The fourth-order valence-corrected chi connectivity index (χ4v) is 7.68. The second-order valence-electron chi connectivity index (χ2n) is 11.2. The summed E-state index contributed by atoms with van der Waals surface area (Å²) in [5.41, 5.74) is 2.64. The maximum absolute atomic E-state index is 13.3. The van der Waals surface area contributed by atoms with Crippen LogP contribution < -0.4 is 4.74 Å². The Balaban J connectivity index is 1.42. The summed E-state index contributed by atoms with van der Waals surface area (Å²) in [4.78, 5) is 29.9. The normalized spacial score (nSPS) is 31.0. The smallest absolute Gasteiger partial charge is 0.298 e. The predicted octanol–water partition coefficient (Wildman–Crippen LogP) is 2.96. The van der Waals surface area contributed by atoms with Gasteiger partial charge in [0.15, 0.2) is 11.5 Å². The van der Waals surface area contributed by atoms with Gasteiger partial charge in [-0.25, -0.2) is 0 Å². The minimum atomic E-state index is -1.25. The third kappa shape index (κ3) is 2.98. The molecule has 37 heavy (non-hydrogen) atoms. The van der Waals surface area contributed by atoms with Crippen molar-refractivity contribution in [3.05, 3.63) is 68.3 Å². The first-order chi connectivity index (χ1) is 17.6. The Morgan fingerprint density at radius 2 is 2.03 bits per heavy atom. The molecule has 192 valence electrons. The Labute approximate surface area is 216 Å². The molecule has 1 N–H and O–H groups in total. The van der Waals surface area contributed by atoms with E-state index < -0.39 is 23.1 Å². The number of nitrogens with zero attached hydrogens (tertiary/aromatic N) is 3. The average Bonchev–Trinajstić information content (AvgIpc) is 3.23. The van der Waals surface area contributed by atoms with E-state index in [1.54, 1.807) is 18.0 Å². The van der Waals surface area contributed by atoms with Gasteiger partial charge in [-0.05, 0) is 81.6 Å². The highest BCUT2D eigenvalue weighted by atomic mass is 16.6. The number of amides is 1. The first-order valence-electron chi connectivity index (χ1n) is 12.8. The highest BCUT2D eigenvalue weighted by Gasteiger charge is 2.80. The molecule has 0 aromatic heterocycles. The van der Waals surface area contributed by atoms with Crippen LogP contribution in [0, 0.1) is 35.8 Å². The van der Waals surface area contributed by atoms with Crippen LogP contribution in [0.5, 0.6) is 11.5 Å². The second-order valence-corrected chi connectivity index (χ2v) is 11.2. The molecule has 8 heteroatoms. The van der Waals surface area contributed by atoms with Crippen molar-refractivity contribution in [1.82, 2.24) is 9.80 Å². The number of hydrogen-bond acceptors (Lipinski definition) is 6. The van der Waals surface area contributed by atoms with E-state index in [1.165, 1.54) is 0 Å². The van der Waals surface area contributed by atoms with Gasteiger partial charge in [-0.3, -0.25) is 19.8 Å². The van der Waals surface area contributed by atoms with E-state index >= 15 is 0 Å². The largest absolute Gasteiger partial charge is 0.504 e. The van der Waals surface area contributed by atoms with Gasteiger partial charge in [-0.1, -0.05) is 18.1 Å². The number of ether oxygens (including phenoxy) is 1. The zero-order valence-electron chi connectivity index (χ0n) is 21.6. The van der Waals surface area contributed by atoms with E-state index in [0.717, 1.165) is 27.8 Å². The van der Waals surface area contributed by atoms with Crippen LogP contribution in [-0.4, -0.2) is 70.1 Å². The number of benzene rings is 2. The summed E-state index contributed by atoms with van der Waals surface area (Å²) in [6.07, 6.45) is 1.19. The fraction of sp³-hybridized carbons (Fsp3) is 0.483. The topological polar surface area (TPSA) is 96.2 Å². The molecular formula is C29H31N3O5. The number of likely N-dealkylation sites (tertiary alicyclic amines) is 1. The number of likely N-dealkylation sites (N-methyl/N-ethyl adjacent to an activating group) is 2. The molecule has 1 saturated carbocycles. The number of carbonyl (C=O) groups excluding carboxylic acids is 1. The molecule has 2 fully saturated rings. The van der Waals surface area contributed by atoms with Crippen molar-refractivity contribution in [3.8, 4) is 23.3 Å². The molecule has 4 aliphatic rings. The summed E-state index contributed by atoms with van der Waals surface area (Å²) in [6.45, 7) is 4.72. The van der Waals surface area contributed by atoms with Crippen molar-refractivity contribution in [1.29, 1.82) is 0 Å². The maximum Gasteiger partial charge on any atom is 0.298 e. The molecule has 2 aliphatic carbocycles. The molecule has 2 aliphatic heterocycles. The highest BCUT2D eigenvalue weighted by molar-refractivity contribution is 5.94. The molecule has 1 amide bonds. The Morgan fingerprint density at radius 3 is 2.76 bits per heavy atom. The van der Waals surface area contributed by atoms with Crippen LogP contribution in [0.3, 0.4) is 0 Å². The maximum atomic E-state index is 13.3. The van der Waals surface area contributed by atoms with E-state index in [1.807, 2.05) is 45.2 Å². The zero-order chi connectivity index (χ0) is 26.3. The molecular weight excluding hydrogens is 470 g/mol. The molecule has 8 nitrogen and oxygen atoms in total. The van der Waals surface area contributed by atoms with Gasteiger partial charge in [0.2, 0.25) is 0 Å². The van der Waals surface area contributed by atoms with Crippen molar-refractivity contribution in [2.24, 2.45) is 0 Å². The standard InChI is InChI=1S/C29H31N3O5/c1-17-5-6-19(15-18(17)2)7-10-24(34)31(4)21-11-12-29(32(35)36)23-16-20-8-9-22(33)26-25(20)28(29,27(21)37-26)13-14-30(23)3/h5-6,8-9,15,21,23,27,33H,11-14,16H2,1-4H3/t21-,23+,27-,28-,29+/m0/s1. The number of nitro groups is 1. The van der Waals surface area contributed by atoms with Crippen LogP contribution in [0.2, 0.25) is 0 Å². The van der Waals surface area contributed by atoms with Crippen LogP contribution in [0.1, 0.15) is 47.1 Å². The monoisotopic (exact) mass is 501 g/mol. The van der Waals surface area contributed by atoms with Gasteiger partial charge in [0.1, 0.15) is 11.5 Å². The number of phenolic OH excluding ortho intramolecular Hbond substituents is 1. The summed E-state index contributed by atoms with van der Waals surface area (Å²) in [7, 11) is 3.67. The van der Waals surface area contributed by atoms with Gasteiger partial charge in [0.25, 0.3) is 11.4 Å². The fourth-order valence-electron chi connectivity index (χ4n) is 7.68. The first kappa shape index (κ1) is 23.8. The zero-order valence-corrected chi connectivity index (χ0v) is 21.6. The molecule has 0 unspecified atom stereocenters. The molecule has 6 rings (SSSR count). The number of aromatic hydroxyl groups is 1. The highest BCUT2D eigenvalue weighted by Crippen LogP contribution is 2.66. The summed E-state index contributed by atoms with van der Waals surface area (Å²) in [6, 6.07) is 8.66. The van der Waals surface area contributed by atoms with Crippen molar-refractivity contribution in [3.63, 3.8) is 0 Å². The van der Waals surface area contributed by atoms with Crippen LogP contribution in [-0.2, 0) is 16.6 Å². The van der Waals surface area contributed by atoms with E-state index in [4.69, 9.17) is 4.74 Å². The van der Waals surface area contributed by atoms with Gasteiger partial charge >= 0.3 is 0 Å². The molecule has 2 aromatic carbocycles. The van der Waals surface area contributed by atoms with Crippen molar-refractivity contribution >= 4 is 5.91 Å². The number of piperidine rings is 1. The summed E-state index contributed by atoms with van der Waals surface area (Å²) < 4.78 is 6.48. The SMILES string of the molecule is Cc1ccc(C#CC(=O)N(C)[C@H]2CC[C@@]3([N+](=O)[O-])[C@H]4Cc5ccc(O)c6c5[C@@]3(CCN4C)[C@H]2O6)cc1C. The van der Waals surface area contributed by atoms with Crippen molar-refractivity contribution < 1.29 is 19.6 Å². The van der Waals surface area contributed by atoms with Gasteiger partial charge in [-0.2, -0.15) is 0 Å². The molecule has 5 atom stereocenters. The number of carbonyl (C=O) groups is 1. The Kier molecular flexibility index (Phi) is 5.12. The van der Waals surface area contributed by atoms with Crippen LogP contribution in [0.25, 0.3) is 0 Å². The van der Waals surface area contributed by atoms with Crippen molar-refractivity contribution in [2.75, 3.05) is 20.6 Å². The summed E-state index contributed by atoms with van der Waals surface area (Å²) in [5.74, 6) is 5.76. The molecule has 2 heterocycles. The number of aryl methyl sites for hydroxylation is 2. The second kappa shape index (κ2) is 7.96. The number of phenols is 1. The van der Waals surface area contributed by atoms with E-state index in [0.29, 0.717) is 38.0 Å². The van der Waals surface area contributed by atoms with Gasteiger partial charge in [0.05, 0.1) is 12.1 Å². The van der Waals surface area contributed by atoms with E-state index in [-0.39, 0.29) is 22.6 Å².